The first-order valence-corrected chi connectivity index (χ1v) is 12.0. The highest BCUT2D eigenvalue weighted by atomic mass is 35.5. The molecule has 0 bridgehead atoms. The number of methoxy groups -OCH3 is 1. The Morgan fingerprint density at radius 2 is 2.00 bits per heavy atom. The van der Waals surface area contributed by atoms with Gasteiger partial charge in [0.2, 0.25) is 5.91 Å². The minimum atomic E-state index is -0.561. The van der Waals surface area contributed by atoms with Gasteiger partial charge in [-0.1, -0.05) is 17.7 Å². The number of nitrogens with zero attached hydrogens (tertiary/aromatic N) is 4. The summed E-state index contributed by atoms with van der Waals surface area (Å²) in [7, 11) is 3.52. The molecule has 2 fully saturated rings. The highest BCUT2D eigenvalue weighted by Gasteiger charge is 2.38. The fraction of sp³-hybridized carbons (Fsp3) is 0.400. The average molecular weight is 500 g/mol. The molecule has 0 unspecified atom stereocenters. The Morgan fingerprint density at radius 1 is 1.20 bits per heavy atom. The van der Waals surface area contributed by atoms with Crippen LogP contribution in [-0.4, -0.2) is 71.6 Å². The molecule has 3 heterocycles. The van der Waals surface area contributed by atoms with Crippen molar-refractivity contribution >= 4 is 39.9 Å². The minimum absolute atomic E-state index is 0.0161. The second-order valence-corrected chi connectivity index (χ2v) is 9.34. The van der Waals surface area contributed by atoms with E-state index in [0.29, 0.717) is 41.2 Å². The number of rotatable bonds is 6. The van der Waals surface area contributed by atoms with E-state index in [1.54, 1.807) is 31.4 Å². The van der Waals surface area contributed by atoms with Crippen LogP contribution in [0.15, 0.2) is 36.7 Å². The molecule has 5 rings (SSSR count). The van der Waals surface area contributed by atoms with Gasteiger partial charge in [-0.15, -0.1) is 0 Å². The SMILES string of the molecule is COc1cc2ncnc(Nc3cccc(Cl)c3F)c2cc1O[C@H]1C[C@@H](C(=O)N2CCCC2)N(C)C1. The molecular weight excluding hydrogens is 473 g/mol. The molecule has 3 aromatic rings. The first-order valence-electron chi connectivity index (χ1n) is 11.6. The molecule has 2 aliphatic heterocycles. The van der Waals surface area contributed by atoms with Crippen molar-refractivity contribution in [3.05, 3.63) is 47.5 Å². The summed E-state index contributed by atoms with van der Waals surface area (Å²) in [6.07, 6.45) is 3.93. The molecule has 2 aromatic carbocycles. The second kappa shape index (κ2) is 9.83. The van der Waals surface area contributed by atoms with E-state index < -0.39 is 5.82 Å². The summed E-state index contributed by atoms with van der Waals surface area (Å²) in [6, 6.07) is 8.08. The van der Waals surface area contributed by atoms with Crippen molar-refractivity contribution in [1.82, 2.24) is 19.8 Å². The summed E-state index contributed by atoms with van der Waals surface area (Å²) in [4.78, 5) is 25.6. The smallest absolute Gasteiger partial charge is 0.240 e. The van der Waals surface area contributed by atoms with Crippen molar-refractivity contribution in [3.8, 4) is 11.5 Å². The number of ether oxygens (including phenoxy) is 2. The molecule has 1 aromatic heterocycles. The van der Waals surface area contributed by atoms with E-state index >= 15 is 0 Å². The maximum atomic E-state index is 14.5. The van der Waals surface area contributed by atoms with Crippen molar-refractivity contribution < 1.29 is 18.7 Å². The van der Waals surface area contributed by atoms with E-state index in [1.165, 1.54) is 12.4 Å². The fourth-order valence-electron chi connectivity index (χ4n) is 4.80. The van der Waals surface area contributed by atoms with Gasteiger partial charge >= 0.3 is 0 Å². The lowest BCUT2D eigenvalue weighted by molar-refractivity contribution is -0.134. The van der Waals surface area contributed by atoms with Gasteiger partial charge in [-0.3, -0.25) is 9.69 Å². The molecule has 2 saturated heterocycles. The van der Waals surface area contributed by atoms with Gasteiger partial charge in [0, 0.05) is 37.5 Å². The topological polar surface area (TPSA) is 79.8 Å². The fourth-order valence-corrected chi connectivity index (χ4v) is 4.97. The number of fused-ring (bicyclic) bond motifs is 1. The maximum Gasteiger partial charge on any atom is 0.240 e. The lowest BCUT2D eigenvalue weighted by atomic mass is 10.1. The van der Waals surface area contributed by atoms with Crippen LogP contribution in [0.25, 0.3) is 10.9 Å². The van der Waals surface area contributed by atoms with E-state index in [-0.39, 0.29) is 28.8 Å². The van der Waals surface area contributed by atoms with Crippen molar-refractivity contribution in [3.63, 3.8) is 0 Å². The van der Waals surface area contributed by atoms with Gasteiger partial charge in [0.15, 0.2) is 17.3 Å². The molecule has 2 atom stereocenters. The third kappa shape index (κ3) is 4.70. The third-order valence-electron chi connectivity index (χ3n) is 6.63. The summed E-state index contributed by atoms with van der Waals surface area (Å²) in [6.45, 7) is 2.28. The van der Waals surface area contributed by atoms with Gasteiger partial charge < -0.3 is 19.7 Å². The number of amides is 1. The van der Waals surface area contributed by atoms with Gasteiger partial charge in [-0.05, 0) is 38.1 Å². The van der Waals surface area contributed by atoms with Gasteiger partial charge in [0.1, 0.15) is 18.2 Å². The maximum absolute atomic E-state index is 14.5. The number of nitrogens with one attached hydrogen (secondary N) is 1. The van der Waals surface area contributed by atoms with Crippen molar-refractivity contribution in [2.24, 2.45) is 0 Å². The van der Waals surface area contributed by atoms with Crippen molar-refractivity contribution in [2.45, 2.75) is 31.4 Å². The molecular formula is C25H27ClFN5O3. The summed E-state index contributed by atoms with van der Waals surface area (Å²) in [5.41, 5.74) is 0.816. The normalized spacial score (nSPS) is 20.4. The molecule has 0 aliphatic carbocycles. The third-order valence-corrected chi connectivity index (χ3v) is 6.92. The number of hydrogen-bond donors (Lipinski definition) is 1. The Bertz CT molecular complexity index is 1250. The van der Waals surface area contributed by atoms with E-state index in [0.717, 1.165) is 25.9 Å². The number of hydrogen-bond acceptors (Lipinski definition) is 7. The van der Waals surface area contributed by atoms with Crippen LogP contribution in [0.5, 0.6) is 11.5 Å². The van der Waals surface area contributed by atoms with Gasteiger partial charge in [-0.2, -0.15) is 0 Å². The van der Waals surface area contributed by atoms with Gasteiger partial charge in [0.05, 0.1) is 29.4 Å². The number of aromatic nitrogens is 2. The monoisotopic (exact) mass is 499 g/mol. The Kier molecular flexibility index (Phi) is 6.62. The molecule has 0 radical (unpaired) electrons. The molecule has 1 N–H and O–H groups in total. The Morgan fingerprint density at radius 3 is 2.77 bits per heavy atom. The number of carbonyl (C=O) groups is 1. The Balaban J connectivity index is 1.41. The molecule has 0 saturated carbocycles. The zero-order chi connectivity index (χ0) is 24.5. The van der Waals surface area contributed by atoms with Crippen LogP contribution in [0, 0.1) is 5.82 Å². The molecule has 10 heteroatoms. The largest absolute Gasteiger partial charge is 0.493 e. The highest BCUT2D eigenvalue weighted by molar-refractivity contribution is 6.31. The predicted molar refractivity (Wildman–Crippen MR) is 132 cm³/mol. The number of benzene rings is 2. The lowest BCUT2D eigenvalue weighted by Crippen LogP contribution is -2.42. The van der Waals surface area contributed by atoms with Crippen molar-refractivity contribution in [2.75, 3.05) is 39.1 Å². The summed E-state index contributed by atoms with van der Waals surface area (Å²) in [5, 5.41) is 3.66. The van der Waals surface area contributed by atoms with Crippen LogP contribution in [-0.2, 0) is 4.79 Å². The van der Waals surface area contributed by atoms with Crippen LogP contribution >= 0.6 is 11.6 Å². The number of likely N-dealkylation sites (N-methyl/N-ethyl adjacent to an activating group) is 1. The quantitative estimate of drug-likeness (QED) is 0.543. The highest BCUT2D eigenvalue weighted by Crippen LogP contribution is 2.37. The van der Waals surface area contributed by atoms with E-state index in [1.807, 2.05) is 11.9 Å². The van der Waals surface area contributed by atoms with Gasteiger partial charge in [-0.25, -0.2) is 14.4 Å². The standard InChI is InChI=1S/C25H27ClFN5O3/c1-31-13-15(10-20(31)25(33)32-8-3-4-9-32)35-22-11-16-19(12-21(22)34-2)28-14-29-24(16)30-18-7-5-6-17(26)23(18)27/h5-7,11-12,14-15,20H,3-4,8-10,13H2,1-2H3,(H,28,29,30)/t15-,20-/m0/s1. The molecule has 2 aliphatic rings. The summed E-state index contributed by atoms with van der Waals surface area (Å²) < 4.78 is 26.4. The molecule has 1 amide bonds. The minimum Gasteiger partial charge on any atom is -0.493 e. The lowest BCUT2D eigenvalue weighted by Gasteiger charge is -2.24. The molecule has 184 valence electrons. The Labute approximate surface area is 208 Å². The van der Waals surface area contributed by atoms with Crippen LogP contribution in [0.3, 0.4) is 0 Å². The van der Waals surface area contributed by atoms with Crippen LogP contribution in [0.2, 0.25) is 5.02 Å². The first kappa shape index (κ1) is 23.6. The van der Waals surface area contributed by atoms with E-state index in [2.05, 4.69) is 20.2 Å². The zero-order valence-electron chi connectivity index (χ0n) is 19.6. The van der Waals surface area contributed by atoms with Gasteiger partial charge in [0.25, 0.3) is 0 Å². The van der Waals surface area contributed by atoms with Crippen LogP contribution < -0.4 is 14.8 Å². The zero-order valence-corrected chi connectivity index (χ0v) is 20.4. The molecule has 35 heavy (non-hydrogen) atoms. The molecule has 0 spiro atoms. The molecule has 8 nitrogen and oxygen atoms in total. The first-order chi connectivity index (χ1) is 16.9. The average Bonchev–Trinajstić information content (AvgIpc) is 3.51. The number of anilines is 2. The summed E-state index contributed by atoms with van der Waals surface area (Å²) in [5.74, 6) is 1.05. The number of carbonyl (C=O) groups excluding carboxylic acids is 1. The second-order valence-electron chi connectivity index (χ2n) is 8.93. The number of likely N-dealkylation sites (tertiary alicyclic amines) is 2. The van der Waals surface area contributed by atoms with Crippen LogP contribution in [0.4, 0.5) is 15.9 Å². The Hall–Kier alpha value is -3.17. The van der Waals surface area contributed by atoms with E-state index in [9.17, 15) is 9.18 Å². The number of halogens is 2. The van der Waals surface area contributed by atoms with Crippen molar-refractivity contribution in [1.29, 1.82) is 0 Å². The predicted octanol–water partition coefficient (Wildman–Crippen LogP) is 4.25. The van der Waals surface area contributed by atoms with E-state index in [4.69, 9.17) is 21.1 Å². The van der Waals surface area contributed by atoms with Crippen LogP contribution in [0.1, 0.15) is 19.3 Å². The summed E-state index contributed by atoms with van der Waals surface area (Å²) >= 11 is 5.93.